The Morgan fingerprint density at radius 2 is 1.86 bits per heavy atom. The molecule has 2 rings (SSSR count). The van der Waals surface area contributed by atoms with Gasteiger partial charge >= 0.3 is 0 Å². The van der Waals surface area contributed by atoms with Crippen LogP contribution in [-0.4, -0.2) is 30.2 Å². The van der Waals surface area contributed by atoms with Crippen LogP contribution in [0.4, 0.5) is 0 Å². The number of aromatic hydroxyl groups is 2. The van der Waals surface area contributed by atoms with Gasteiger partial charge in [-0.1, -0.05) is 18.2 Å². The monoisotopic (exact) mass is 300 g/mol. The summed E-state index contributed by atoms with van der Waals surface area (Å²) in [5.41, 5.74) is 0.722. The maximum absolute atomic E-state index is 12.3. The molecule has 0 fully saturated rings. The molecule has 22 heavy (non-hydrogen) atoms. The van der Waals surface area contributed by atoms with Crippen molar-refractivity contribution in [3.05, 3.63) is 53.6 Å². The van der Waals surface area contributed by atoms with E-state index in [0.717, 1.165) is 0 Å². The molecular weight excluding hydrogens is 284 g/mol. The fraction of sp³-hybridized carbons (Fsp3) is 0.118. The van der Waals surface area contributed by atoms with E-state index < -0.39 is 5.78 Å². The highest BCUT2D eigenvalue weighted by atomic mass is 16.5. The van der Waals surface area contributed by atoms with Gasteiger partial charge in [-0.15, -0.1) is 0 Å². The Balaban J connectivity index is 2.33. The number of hydrogen-bond donors (Lipinski definition) is 2. The lowest BCUT2D eigenvalue weighted by atomic mass is 10.1. The van der Waals surface area contributed by atoms with Crippen LogP contribution in [0, 0.1) is 0 Å². The third kappa shape index (κ3) is 3.38. The summed E-state index contributed by atoms with van der Waals surface area (Å²) in [5.74, 6) is 0.0897. The second-order valence-corrected chi connectivity index (χ2v) is 4.52. The van der Waals surface area contributed by atoms with Crippen LogP contribution in [-0.2, 0) is 0 Å². The highest BCUT2D eigenvalue weighted by Crippen LogP contribution is 2.33. The molecule has 114 valence electrons. The van der Waals surface area contributed by atoms with E-state index in [4.69, 9.17) is 9.47 Å². The summed E-state index contributed by atoms with van der Waals surface area (Å²) in [6.45, 7) is 0. The van der Waals surface area contributed by atoms with Gasteiger partial charge in [0.1, 0.15) is 28.6 Å². The van der Waals surface area contributed by atoms with Crippen molar-refractivity contribution < 1.29 is 24.5 Å². The van der Waals surface area contributed by atoms with Gasteiger partial charge in [0.15, 0.2) is 5.78 Å². The third-order valence-electron chi connectivity index (χ3n) is 3.05. The number of allylic oxidation sites excluding steroid dienone is 1. The molecule has 2 aromatic carbocycles. The van der Waals surface area contributed by atoms with Crippen LogP contribution >= 0.6 is 0 Å². The molecule has 0 atom stereocenters. The Hall–Kier alpha value is -2.95. The second kappa shape index (κ2) is 6.67. The van der Waals surface area contributed by atoms with Crippen molar-refractivity contribution in [2.24, 2.45) is 0 Å². The zero-order valence-corrected chi connectivity index (χ0v) is 12.2. The number of carbonyl (C=O) groups excluding carboxylic acids is 1. The molecule has 0 aromatic heterocycles. The number of hydrogen-bond acceptors (Lipinski definition) is 5. The first-order valence-electron chi connectivity index (χ1n) is 6.51. The minimum atomic E-state index is -0.416. The largest absolute Gasteiger partial charge is 0.508 e. The minimum Gasteiger partial charge on any atom is -0.508 e. The van der Waals surface area contributed by atoms with Crippen molar-refractivity contribution in [2.45, 2.75) is 0 Å². The van der Waals surface area contributed by atoms with E-state index in [2.05, 4.69) is 0 Å². The number of methoxy groups -OCH3 is 2. The molecule has 0 aliphatic heterocycles. The van der Waals surface area contributed by atoms with Gasteiger partial charge in [0.2, 0.25) is 0 Å². The Labute approximate surface area is 128 Å². The highest BCUT2D eigenvalue weighted by molar-refractivity contribution is 6.10. The molecule has 0 radical (unpaired) electrons. The van der Waals surface area contributed by atoms with Gasteiger partial charge in [0.25, 0.3) is 0 Å². The molecule has 2 aromatic rings. The van der Waals surface area contributed by atoms with Gasteiger partial charge in [-0.05, 0) is 23.8 Å². The number of ether oxygens (including phenoxy) is 2. The Bertz CT molecular complexity index is 719. The molecule has 5 nitrogen and oxygen atoms in total. The fourth-order valence-corrected chi connectivity index (χ4v) is 1.99. The molecule has 0 heterocycles. The van der Waals surface area contributed by atoms with Gasteiger partial charge in [-0.2, -0.15) is 0 Å². The maximum atomic E-state index is 12.3. The van der Waals surface area contributed by atoms with Gasteiger partial charge in [-0.3, -0.25) is 4.79 Å². The zero-order valence-electron chi connectivity index (χ0n) is 12.2. The van der Waals surface area contributed by atoms with Crippen LogP contribution in [0.15, 0.2) is 42.5 Å². The van der Waals surface area contributed by atoms with Crippen molar-refractivity contribution in [3.8, 4) is 23.0 Å². The predicted octanol–water partition coefficient (Wildman–Crippen LogP) is 3.01. The van der Waals surface area contributed by atoms with E-state index in [9.17, 15) is 15.0 Å². The van der Waals surface area contributed by atoms with Gasteiger partial charge in [-0.25, -0.2) is 0 Å². The van der Waals surface area contributed by atoms with E-state index >= 15 is 0 Å². The van der Waals surface area contributed by atoms with Crippen LogP contribution in [0.25, 0.3) is 6.08 Å². The van der Waals surface area contributed by atoms with Crippen LogP contribution in [0.2, 0.25) is 0 Å². The maximum Gasteiger partial charge on any atom is 0.193 e. The molecule has 0 saturated heterocycles. The second-order valence-electron chi connectivity index (χ2n) is 4.52. The molecule has 0 amide bonds. The summed E-state index contributed by atoms with van der Waals surface area (Å²) in [6.07, 6.45) is 2.85. The van der Waals surface area contributed by atoms with Crippen molar-refractivity contribution in [1.29, 1.82) is 0 Å². The molecule has 0 spiro atoms. The van der Waals surface area contributed by atoms with E-state index in [-0.39, 0.29) is 22.8 Å². The molecule has 0 unspecified atom stereocenters. The standard InChI is InChI=1S/C17H16O5/c1-21-13-9-15(20)17(16(10-13)22-2)14(19)7-6-11-4-3-5-12(18)8-11/h3-10,18,20H,1-2H3. The number of phenolic OH excluding ortho intramolecular Hbond substituents is 2. The lowest BCUT2D eigenvalue weighted by Gasteiger charge is -2.10. The summed E-state index contributed by atoms with van der Waals surface area (Å²) >= 11 is 0. The van der Waals surface area contributed by atoms with Crippen LogP contribution in [0.5, 0.6) is 23.0 Å². The van der Waals surface area contributed by atoms with E-state index in [1.807, 2.05) is 0 Å². The number of rotatable bonds is 5. The van der Waals surface area contributed by atoms with E-state index in [1.165, 1.54) is 44.6 Å². The molecule has 5 heteroatoms. The molecule has 0 aliphatic rings. The van der Waals surface area contributed by atoms with Crippen molar-refractivity contribution >= 4 is 11.9 Å². The third-order valence-corrected chi connectivity index (χ3v) is 3.05. The quantitative estimate of drug-likeness (QED) is 0.655. The summed E-state index contributed by atoms with van der Waals surface area (Å²) in [5, 5.41) is 19.4. The SMILES string of the molecule is COc1cc(O)c(C(=O)C=Cc2cccc(O)c2)c(OC)c1. The topological polar surface area (TPSA) is 76.0 Å². The van der Waals surface area contributed by atoms with Crippen molar-refractivity contribution in [1.82, 2.24) is 0 Å². The Morgan fingerprint density at radius 3 is 2.50 bits per heavy atom. The van der Waals surface area contributed by atoms with E-state index in [1.54, 1.807) is 18.2 Å². The predicted molar refractivity (Wildman–Crippen MR) is 82.7 cm³/mol. The molecule has 0 saturated carbocycles. The number of phenols is 2. The zero-order chi connectivity index (χ0) is 16.1. The smallest absolute Gasteiger partial charge is 0.193 e. The van der Waals surface area contributed by atoms with Crippen LogP contribution in [0.1, 0.15) is 15.9 Å². The molecular formula is C17H16O5. The first kappa shape index (κ1) is 15.4. The lowest BCUT2D eigenvalue weighted by molar-refractivity contribution is 0.104. The van der Waals surface area contributed by atoms with Crippen LogP contribution < -0.4 is 9.47 Å². The van der Waals surface area contributed by atoms with Gasteiger partial charge in [0.05, 0.1) is 14.2 Å². The number of ketones is 1. The minimum absolute atomic E-state index is 0.0553. The average molecular weight is 300 g/mol. The van der Waals surface area contributed by atoms with Crippen molar-refractivity contribution in [2.75, 3.05) is 14.2 Å². The number of carbonyl (C=O) groups is 1. The lowest BCUT2D eigenvalue weighted by Crippen LogP contribution is -2.00. The summed E-state index contributed by atoms with van der Waals surface area (Å²) in [4.78, 5) is 12.3. The van der Waals surface area contributed by atoms with Crippen LogP contribution in [0.3, 0.4) is 0 Å². The van der Waals surface area contributed by atoms with Gasteiger partial charge in [0, 0.05) is 12.1 Å². The normalized spacial score (nSPS) is 10.6. The Morgan fingerprint density at radius 1 is 1.09 bits per heavy atom. The van der Waals surface area contributed by atoms with Crippen molar-refractivity contribution in [3.63, 3.8) is 0 Å². The van der Waals surface area contributed by atoms with Gasteiger partial charge < -0.3 is 19.7 Å². The first-order chi connectivity index (χ1) is 10.5. The summed E-state index contributed by atoms with van der Waals surface area (Å²) in [6, 6.07) is 9.35. The fourth-order valence-electron chi connectivity index (χ4n) is 1.99. The summed E-state index contributed by atoms with van der Waals surface area (Å²) < 4.78 is 10.1. The average Bonchev–Trinajstić information content (AvgIpc) is 2.51. The summed E-state index contributed by atoms with van der Waals surface area (Å²) in [7, 11) is 2.86. The molecule has 0 aliphatic carbocycles. The Kier molecular flexibility index (Phi) is 4.68. The van der Waals surface area contributed by atoms with E-state index in [0.29, 0.717) is 11.3 Å². The highest BCUT2D eigenvalue weighted by Gasteiger charge is 2.17. The number of benzene rings is 2. The molecule has 2 N–H and O–H groups in total. The molecule has 0 bridgehead atoms. The first-order valence-corrected chi connectivity index (χ1v) is 6.51.